The number of hydrogen-bond donors (Lipinski definition) is 4. The molecule has 3 aromatic heterocycles. The van der Waals surface area contributed by atoms with Crippen LogP contribution in [0.1, 0.15) is 71.7 Å². The van der Waals surface area contributed by atoms with Crippen molar-refractivity contribution < 1.29 is 48.6 Å². The lowest BCUT2D eigenvalue weighted by Crippen LogP contribution is -2.42. The van der Waals surface area contributed by atoms with E-state index in [1.807, 2.05) is 52.0 Å². The maximum atomic E-state index is 13.8. The lowest BCUT2D eigenvalue weighted by atomic mass is 9.64. The molecule has 6 rings (SSSR count). The predicted molar refractivity (Wildman–Crippen MR) is 218 cm³/mol. The van der Waals surface area contributed by atoms with Crippen molar-refractivity contribution in [1.82, 2.24) is 19.9 Å². The summed E-state index contributed by atoms with van der Waals surface area (Å²) in [5, 5.41) is 18.4. The standard InChI is InChI=1S/C44H48N4O10/c1-9-27-24(3)32-19-33-26(5)30(18-23(2)58-57-17-15-50)36(46-33)21-35-28(11-13-40(51)56-16-14-49)25(4)34(45-35)20-38-31-12-10-29(42(52)54-7)41(43(53)55-8)44(31,6)39(48-38)22-37(27)47-32/h9-10,12,19-22,41,45,47,49-50H,1-2,11,13-18H2,3-8H3. The highest BCUT2D eigenvalue weighted by molar-refractivity contribution is 6.02. The van der Waals surface area contributed by atoms with Crippen molar-refractivity contribution in [2.75, 3.05) is 40.6 Å². The van der Waals surface area contributed by atoms with Crippen LogP contribution in [0.4, 0.5) is 0 Å². The number of aryl methyl sites for hydroxylation is 3. The molecule has 2 unspecified atom stereocenters. The number of nitrogens with zero attached hydrogens (tertiary/aromatic N) is 2. The Labute approximate surface area is 335 Å². The van der Waals surface area contributed by atoms with Crippen molar-refractivity contribution in [3.63, 3.8) is 0 Å². The number of methoxy groups -OCH3 is 2. The van der Waals surface area contributed by atoms with Gasteiger partial charge in [-0.05, 0) is 91.8 Å². The van der Waals surface area contributed by atoms with Crippen LogP contribution < -0.4 is 0 Å². The van der Waals surface area contributed by atoms with Crippen LogP contribution in [0.2, 0.25) is 0 Å². The Morgan fingerprint density at radius 2 is 1.57 bits per heavy atom. The van der Waals surface area contributed by atoms with E-state index in [-0.39, 0.29) is 44.8 Å². The van der Waals surface area contributed by atoms with Crippen LogP contribution in [0.5, 0.6) is 0 Å². The monoisotopic (exact) mass is 792 g/mol. The minimum absolute atomic E-state index is 0.0238. The van der Waals surface area contributed by atoms with Gasteiger partial charge in [-0.25, -0.2) is 9.78 Å². The van der Waals surface area contributed by atoms with Gasteiger partial charge in [-0.3, -0.25) is 14.6 Å². The molecule has 304 valence electrons. The summed E-state index contributed by atoms with van der Waals surface area (Å²) in [5.74, 6) is -2.53. The Morgan fingerprint density at radius 3 is 2.26 bits per heavy atom. The SMILES string of the molecule is C=Cc1c(C)c2cc3nc(cc4[nH]c(cc5nc(cc1[nH]2)C1(C)C5=CC=C(C(=O)OC)C1C(=O)OC)c(C)c4CCC(=O)OCCO)C(CC(=C)OOCCO)=C3C. The summed E-state index contributed by atoms with van der Waals surface area (Å²) in [4.78, 5) is 67.5. The van der Waals surface area contributed by atoms with E-state index in [4.69, 9.17) is 34.0 Å². The highest BCUT2D eigenvalue weighted by atomic mass is 17.2. The van der Waals surface area contributed by atoms with Crippen LogP contribution >= 0.6 is 0 Å². The lowest BCUT2D eigenvalue weighted by molar-refractivity contribution is -0.266. The van der Waals surface area contributed by atoms with E-state index in [1.54, 1.807) is 18.2 Å². The van der Waals surface area contributed by atoms with Gasteiger partial charge < -0.3 is 39.3 Å². The van der Waals surface area contributed by atoms with Crippen molar-refractivity contribution >= 4 is 62.8 Å². The summed E-state index contributed by atoms with van der Waals surface area (Å²) in [6.07, 6.45) is 5.71. The number of aromatic nitrogens is 4. The Morgan fingerprint density at radius 1 is 0.879 bits per heavy atom. The number of H-pyrrole nitrogens is 2. The van der Waals surface area contributed by atoms with Crippen molar-refractivity contribution in [1.29, 1.82) is 0 Å². The molecule has 2 aliphatic heterocycles. The Kier molecular flexibility index (Phi) is 12.3. The first-order valence-electron chi connectivity index (χ1n) is 18.8. The van der Waals surface area contributed by atoms with Gasteiger partial charge in [0.05, 0.1) is 61.2 Å². The van der Waals surface area contributed by atoms with Gasteiger partial charge in [-0.15, -0.1) is 0 Å². The zero-order chi connectivity index (χ0) is 41.9. The minimum Gasteiger partial charge on any atom is -0.469 e. The average molecular weight is 793 g/mol. The van der Waals surface area contributed by atoms with Gasteiger partial charge >= 0.3 is 17.9 Å². The third-order valence-electron chi connectivity index (χ3n) is 11.0. The minimum atomic E-state index is -1.18. The Balaban J connectivity index is 1.70. The van der Waals surface area contributed by atoms with Crippen molar-refractivity contribution in [2.24, 2.45) is 5.92 Å². The van der Waals surface area contributed by atoms with Gasteiger partial charge in [0.2, 0.25) is 0 Å². The lowest BCUT2D eigenvalue weighted by Gasteiger charge is -2.36. The van der Waals surface area contributed by atoms with Gasteiger partial charge in [0.1, 0.15) is 24.9 Å². The molecule has 0 saturated heterocycles. The van der Waals surface area contributed by atoms with Crippen LogP contribution in [0.3, 0.4) is 0 Å². The molecule has 14 heteroatoms. The molecule has 3 aliphatic rings. The first kappa shape index (κ1) is 41.5. The van der Waals surface area contributed by atoms with Crippen molar-refractivity contribution in [3.05, 3.63) is 106 Å². The molecule has 0 radical (unpaired) electrons. The molecule has 0 amide bonds. The molecule has 8 bridgehead atoms. The molecule has 5 heterocycles. The second kappa shape index (κ2) is 17.2. The van der Waals surface area contributed by atoms with Crippen LogP contribution in [0.25, 0.3) is 44.9 Å². The quantitative estimate of drug-likeness (QED) is 0.0369. The number of aromatic amines is 2. The second-order valence-corrected chi connectivity index (χ2v) is 14.3. The molecule has 0 fully saturated rings. The summed E-state index contributed by atoms with van der Waals surface area (Å²) in [7, 11) is 2.55. The van der Waals surface area contributed by atoms with Gasteiger partial charge in [-0.1, -0.05) is 31.4 Å². The summed E-state index contributed by atoms with van der Waals surface area (Å²) in [6.45, 7) is 15.2. The number of hydrogen-bond acceptors (Lipinski definition) is 12. The van der Waals surface area contributed by atoms with E-state index in [9.17, 15) is 24.6 Å². The third kappa shape index (κ3) is 7.65. The third-order valence-corrected chi connectivity index (χ3v) is 11.0. The van der Waals surface area contributed by atoms with E-state index < -0.39 is 29.2 Å². The number of nitrogens with one attached hydrogen (secondary N) is 2. The van der Waals surface area contributed by atoms with Gasteiger partial charge in [0, 0.05) is 40.5 Å². The molecular formula is C44H48N4O10. The van der Waals surface area contributed by atoms with E-state index in [1.165, 1.54) is 14.2 Å². The molecule has 0 aromatic carbocycles. The van der Waals surface area contributed by atoms with E-state index >= 15 is 0 Å². The molecule has 0 spiro atoms. The summed E-state index contributed by atoms with van der Waals surface area (Å²) in [5.41, 5.74) is 9.80. The maximum Gasteiger partial charge on any atom is 0.334 e. The fourth-order valence-electron chi connectivity index (χ4n) is 7.88. The summed E-state index contributed by atoms with van der Waals surface area (Å²) in [6, 6.07) is 7.62. The second-order valence-electron chi connectivity index (χ2n) is 14.3. The van der Waals surface area contributed by atoms with Crippen LogP contribution in [0, 0.1) is 19.8 Å². The molecule has 14 nitrogen and oxygen atoms in total. The number of aliphatic hydroxyl groups is 2. The highest BCUT2D eigenvalue weighted by Gasteiger charge is 2.53. The average Bonchev–Trinajstić information content (AvgIpc) is 3.86. The van der Waals surface area contributed by atoms with Gasteiger partial charge in [-0.2, -0.15) is 4.89 Å². The smallest absolute Gasteiger partial charge is 0.334 e. The fourth-order valence-corrected chi connectivity index (χ4v) is 7.88. The fraction of sp³-hybridized carbons (Fsp3) is 0.341. The molecular weight excluding hydrogens is 745 g/mol. The van der Waals surface area contributed by atoms with Gasteiger partial charge in [0.15, 0.2) is 0 Å². The molecule has 0 saturated carbocycles. The van der Waals surface area contributed by atoms with Gasteiger partial charge in [0.25, 0.3) is 0 Å². The maximum absolute atomic E-state index is 13.8. The van der Waals surface area contributed by atoms with Crippen LogP contribution in [-0.2, 0) is 50.2 Å². The number of carbonyl (C=O) groups is 3. The number of rotatable bonds is 14. The van der Waals surface area contributed by atoms with Crippen molar-refractivity contribution in [2.45, 2.75) is 52.4 Å². The van der Waals surface area contributed by atoms with E-state index in [0.717, 1.165) is 38.9 Å². The predicted octanol–water partition coefficient (Wildman–Crippen LogP) is 6.06. The Bertz CT molecular complexity index is 2470. The Hall–Kier alpha value is -6.09. The first-order chi connectivity index (χ1) is 27.8. The summed E-state index contributed by atoms with van der Waals surface area (Å²) >= 11 is 0. The molecule has 2 atom stereocenters. The largest absolute Gasteiger partial charge is 0.469 e. The van der Waals surface area contributed by atoms with Crippen LogP contribution in [-0.4, -0.2) is 88.7 Å². The number of fused-ring (bicyclic) bond motifs is 11. The number of aliphatic hydroxyl groups excluding tert-OH is 2. The first-order valence-corrected chi connectivity index (χ1v) is 18.8. The van der Waals surface area contributed by atoms with E-state index in [0.29, 0.717) is 57.1 Å². The molecule has 3 aromatic rings. The molecule has 1 aliphatic carbocycles. The molecule has 58 heavy (non-hydrogen) atoms. The number of allylic oxidation sites excluding steroid dienone is 5. The van der Waals surface area contributed by atoms with Crippen LogP contribution in [0.15, 0.2) is 60.9 Å². The number of ether oxygens (including phenoxy) is 3. The number of esters is 3. The zero-order valence-corrected chi connectivity index (χ0v) is 33.5. The van der Waals surface area contributed by atoms with Crippen molar-refractivity contribution in [3.8, 4) is 0 Å². The zero-order valence-electron chi connectivity index (χ0n) is 33.5. The summed E-state index contributed by atoms with van der Waals surface area (Å²) < 4.78 is 15.6. The normalized spacial score (nSPS) is 17.2. The highest BCUT2D eigenvalue weighted by Crippen LogP contribution is 2.52. The number of carbonyl (C=O) groups excluding carboxylic acids is 3. The molecule has 4 N–H and O–H groups in total. The van der Waals surface area contributed by atoms with E-state index in [2.05, 4.69) is 23.1 Å². The topological polar surface area (TPSA) is 195 Å².